The lowest BCUT2D eigenvalue weighted by Crippen LogP contribution is -2.45. The topological polar surface area (TPSA) is 113 Å². The molecule has 1 aromatic rings. The van der Waals surface area contributed by atoms with Crippen LogP contribution in [0, 0.1) is 5.92 Å². The van der Waals surface area contributed by atoms with E-state index in [9.17, 15) is 18.0 Å². The van der Waals surface area contributed by atoms with Gasteiger partial charge in [0.2, 0.25) is 15.9 Å². The number of primary sulfonamides is 1. The van der Waals surface area contributed by atoms with Gasteiger partial charge in [0.05, 0.1) is 23.7 Å². The van der Waals surface area contributed by atoms with Crippen molar-refractivity contribution in [2.24, 2.45) is 11.1 Å². The van der Waals surface area contributed by atoms with Crippen LogP contribution in [0.3, 0.4) is 0 Å². The quantitative estimate of drug-likeness (QED) is 0.700. The number of piperidine rings is 1. The fourth-order valence-electron chi connectivity index (χ4n) is 4.99. The van der Waals surface area contributed by atoms with Crippen molar-refractivity contribution in [1.29, 1.82) is 0 Å². The minimum absolute atomic E-state index is 0.0541. The van der Waals surface area contributed by atoms with Gasteiger partial charge in [0.25, 0.3) is 5.91 Å². The van der Waals surface area contributed by atoms with Crippen molar-refractivity contribution in [2.45, 2.75) is 43.4 Å². The Labute approximate surface area is 195 Å². The molecule has 33 heavy (non-hydrogen) atoms. The molecule has 0 saturated carbocycles. The molecule has 0 spiro atoms. The second-order valence-electron chi connectivity index (χ2n) is 9.13. The molecule has 3 saturated heterocycles. The van der Waals surface area contributed by atoms with Gasteiger partial charge in [-0.25, -0.2) is 13.6 Å². The summed E-state index contributed by atoms with van der Waals surface area (Å²) in [7, 11) is -3.94. The number of benzene rings is 1. The molecule has 9 nitrogen and oxygen atoms in total. The van der Waals surface area contributed by atoms with Crippen molar-refractivity contribution in [3.8, 4) is 0 Å². The monoisotopic (exact) mass is 478 g/mol. The van der Waals surface area contributed by atoms with E-state index in [1.54, 1.807) is 11.0 Å². The Kier molecular flexibility index (Phi) is 7.55. The molecule has 0 aromatic heterocycles. The van der Waals surface area contributed by atoms with Crippen molar-refractivity contribution < 1.29 is 22.7 Å². The third-order valence-electron chi connectivity index (χ3n) is 6.93. The third-order valence-corrected chi connectivity index (χ3v) is 7.84. The van der Waals surface area contributed by atoms with Crippen LogP contribution in [0.15, 0.2) is 23.1 Å². The highest BCUT2D eigenvalue weighted by atomic mass is 32.2. The third kappa shape index (κ3) is 5.67. The second kappa shape index (κ2) is 10.4. The Morgan fingerprint density at radius 2 is 1.52 bits per heavy atom. The van der Waals surface area contributed by atoms with Gasteiger partial charge < -0.3 is 19.4 Å². The Morgan fingerprint density at radius 1 is 0.879 bits per heavy atom. The van der Waals surface area contributed by atoms with Crippen LogP contribution < -0.4 is 10.0 Å². The van der Waals surface area contributed by atoms with Crippen LogP contribution in [0.2, 0.25) is 0 Å². The van der Waals surface area contributed by atoms with Crippen molar-refractivity contribution >= 4 is 27.5 Å². The number of carbonyl (C=O) groups is 2. The number of amides is 2. The van der Waals surface area contributed by atoms with E-state index in [0.29, 0.717) is 63.5 Å². The van der Waals surface area contributed by atoms with Gasteiger partial charge >= 0.3 is 0 Å². The molecule has 3 aliphatic heterocycles. The van der Waals surface area contributed by atoms with E-state index in [1.165, 1.54) is 25.0 Å². The van der Waals surface area contributed by atoms with Gasteiger partial charge in [0, 0.05) is 50.9 Å². The summed E-state index contributed by atoms with van der Waals surface area (Å²) in [6, 6.07) is 4.49. The molecule has 182 valence electrons. The zero-order chi connectivity index (χ0) is 23.4. The molecule has 3 aliphatic rings. The van der Waals surface area contributed by atoms with E-state index in [2.05, 4.69) is 0 Å². The molecule has 0 atom stereocenters. The summed E-state index contributed by atoms with van der Waals surface area (Å²) in [5, 5.41) is 5.34. The van der Waals surface area contributed by atoms with Crippen molar-refractivity contribution in [3.05, 3.63) is 23.8 Å². The highest BCUT2D eigenvalue weighted by molar-refractivity contribution is 7.89. The van der Waals surface area contributed by atoms with Crippen LogP contribution >= 0.6 is 0 Å². The number of likely N-dealkylation sites (tertiary alicyclic amines) is 2. The van der Waals surface area contributed by atoms with E-state index >= 15 is 0 Å². The molecular weight excluding hydrogens is 444 g/mol. The van der Waals surface area contributed by atoms with Gasteiger partial charge in [-0.1, -0.05) is 12.8 Å². The predicted molar refractivity (Wildman–Crippen MR) is 125 cm³/mol. The lowest BCUT2D eigenvalue weighted by molar-refractivity contribution is -0.136. The number of morpholine rings is 1. The number of hydrogen-bond acceptors (Lipinski definition) is 6. The number of sulfonamides is 1. The van der Waals surface area contributed by atoms with Crippen molar-refractivity contribution in [2.75, 3.05) is 57.4 Å². The average Bonchev–Trinajstić information content (AvgIpc) is 3.12. The molecule has 0 unspecified atom stereocenters. The van der Waals surface area contributed by atoms with Gasteiger partial charge in [-0.3, -0.25) is 9.59 Å². The minimum Gasteiger partial charge on any atom is -0.378 e. The molecule has 0 radical (unpaired) electrons. The normalized spacial score (nSPS) is 21.1. The summed E-state index contributed by atoms with van der Waals surface area (Å²) < 4.78 is 29.3. The first kappa shape index (κ1) is 24.0. The van der Waals surface area contributed by atoms with Gasteiger partial charge in [-0.15, -0.1) is 0 Å². The van der Waals surface area contributed by atoms with E-state index in [1.807, 2.05) is 9.80 Å². The highest BCUT2D eigenvalue weighted by Crippen LogP contribution is 2.29. The van der Waals surface area contributed by atoms with E-state index in [0.717, 1.165) is 25.9 Å². The fraction of sp³-hybridized carbons (Fsp3) is 0.652. The number of nitrogens with two attached hydrogens (primary N) is 1. The molecule has 1 aromatic carbocycles. The molecule has 10 heteroatoms. The number of hydrogen-bond donors (Lipinski definition) is 1. The number of nitrogens with zero attached hydrogens (tertiary/aromatic N) is 3. The molecule has 4 rings (SSSR count). The second-order valence-corrected chi connectivity index (χ2v) is 10.7. The van der Waals surface area contributed by atoms with E-state index < -0.39 is 10.0 Å². The molecule has 0 bridgehead atoms. The first-order chi connectivity index (χ1) is 15.8. The molecule has 3 fully saturated rings. The van der Waals surface area contributed by atoms with Crippen LogP contribution in [0.1, 0.15) is 48.9 Å². The Morgan fingerprint density at radius 3 is 2.12 bits per heavy atom. The summed E-state index contributed by atoms with van der Waals surface area (Å²) in [6.45, 7) is 4.98. The summed E-state index contributed by atoms with van der Waals surface area (Å²) in [6.07, 6.45) is 5.74. The highest BCUT2D eigenvalue weighted by Gasteiger charge is 2.32. The average molecular weight is 479 g/mol. The summed E-state index contributed by atoms with van der Waals surface area (Å²) in [4.78, 5) is 32.2. The molecule has 2 amide bonds. The zero-order valence-corrected chi connectivity index (χ0v) is 19.9. The Bertz CT molecular complexity index is 961. The Hall–Kier alpha value is -2.17. The molecule has 3 heterocycles. The maximum absolute atomic E-state index is 13.5. The van der Waals surface area contributed by atoms with Crippen LogP contribution in [0.5, 0.6) is 0 Å². The smallest absolute Gasteiger partial charge is 0.256 e. The molecule has 0 aliphatic carbocycles. The number of carbonyl (C=O) groups excluding carboxylic acids is 2. The maximum atomic E-state index is 13.5. The summed E-state index contributed by atoms with van der Waals surface area (Å²) in [5.74, 6) is -0.0569. The van der Waals surface area contributed by atoms with Crippen molar-refractivity contribution in [1.82, 2.24) is 9.80 Å². The first-order valence-electron chi connectivity index (χ1n) is 11.9. The van der Waals surface area contributed by atoms with Gasteiger partial charge in [0.1, 0.15) is 0 Å². The van der Waals surface area contributed by atoms with Crippen molar-refractivity contribution in [3.63, 3.8) is 0 Å². The standard InChI is InChI=1S/C23H34N4O5S/c24-33(30,31)19-5-6-21(25-13-15-32-16-14-25)20(17-19)23(29)27-11-7-18(8-12-27)22(28)26-9-3-1-2-4-10-26/h5-6,17-18H,1-4,7-16H2,(H2,24,30,31). The van der Waals surface area contributed by atoms with Gasteiger partial charge in [0.15, 0.2) is 0 Å². The number of ether oxygens (including phenoxy) is 1. The van der Waals surface area contributed by atoms with Crippen LogP contribution in [-0.2, 0) is 19.6 Å². The Balaban J connectivity index is 1.48. The summed E-state index contributed by atoms with van der Waals surface area (Å²) >= 11 is 0. The zero-order valence-electron chi connectivity index (χ0n) is 19.1. The maximum Gasteiger partial charge on any atom is 0.256 e. The van der Waals surface area contributed by atoms with E-state index in [-0.39, 0.29) is 22.6 Å². The molecule has 2 N–H and O–H groups in total. The van der Waals surface area contributed by atoms with Gasteiger partial charge in [-0.2, -0.15) is 0 Å². The van der Waals surface area contributed by atoms with Crippen LogP contribution in [-0.4, -0.2) is 82.5 Å². The van der Waals surface area contributed by atoms with Gasteiger partial charge in [-0.05, 0) is 43.9 Å². The van der Waals surface area contributed by atoms with E-state index in [4.69, 9.17) is 9.88 Å². The number of rotatable bonds is 4. The largest absolute Gasteiger partial charge is 0.378 e. The van der Waals surface area contributed by atoms with Crippen LogP contribution in [0.4, 0.5) is 5.69 Å². The lowest BCUT2D eigenvalue weighted by atomic mass is 9.94. The number of anilines is 1. The van der Waals surface area contributed by atoms with Crippen LogP contribution in [0.25, 0.3) is 0 Å². The summed E-state index contributed by atoms with van der Waals surface area (Å²) in [5.41, 5.74) is 1.03. The predicted octanol–water partition coefficient (Wildman–Crippen LogP) is 1.43. The molecular formula is C23H34N4O5S. The SMILES string of the molecule is NS(=O)(=O)c1ccc(N2CCOCC2)c(C(=O)N2CCC(C(=O)N3CCCCCC3)CC2)c1. The minimum atomic E-state index is -3.94. The fourth-order valence-corrected chi connectivity index (χ4v) is 5.53. The lowest BCUT2D eigenvalue weighted by Gasteiger charge is -2.35. The first-order valence-corrected chi connectivity index (χ1v) is 13.5.